The van der Waals surface area contributed by atoms with E-state index in [-0.39, 0.29) is 30.2 Å². The number of benzene rings is 1. The lowest BCUT2D eigenvalue weighted by Crippen LogP contribution is -2.36. The fourth-order valence-corrected chi connectivity index (χ4v) is 4.64. The summed E-state index contributed by atoms with van der Waals surface area (Å²) in [5.41, 5.74) is -1.87. The molecule has 1 aromatic carbocycles. The summed E-state index contributed by atoms with van der Waals surface area (Å²) in [5, 5.41) is 24.5. The Bertz CT molecular complexity index is 849. The molecule has 11 heteroatoms. The minimum absolute atomic E-state index is 0.0525. The van der Waals surface area contributed by atoms with Gasteiger partial charge in [-0.3, -0.25) is 14.9 Å². The number of nitrogens with zero attached hydrogens (tertiary/aromatic N) is 2. The van der Waals surface area contributed by atoms with Crippen LogP contribution in [-0.2, 0) is 19.6 Å². The number of nitro groups is 1. The molecule has 1 fully saturated rings. The first kappa shape index (κ1) is 23.0. The third-order valence-electron chi connectivity index (χ3n) is 4.61. The Labute approximate surface area is 170 Å². The van der Waals surface area contributed by atoms with E-state index in [0.29, 0.717) is 13.1 Å². The number of ether oxygens (including phenoxy) is 1. The van der Waals surface area contributed by atoms with E-state index in [0.717, 1.165) is 25.3 Å². The minimum atomic E-state index is -3.81. The van der Waals surface area contributed by atoms with Gasteiger partial charge in [0.2, 0.25) is 10.0 Å². The molecule has 0 amide bonds. The number of carbonyl (C=O) groups is 1. The lowest BCUT2D eigenvalue weighted by molar-refractivity contribution is -0.384. The lowest BCUT2D eigenvalue weighted by Gasteiger charge is -2.26. The molecule has 1 heterocycles. The SMILES string of the molecule is CCOC(=O)CC(C)(O)CNc1ccc(S(=O)(=O)N2CCCCC2)cc1[N+](=O)[O-]. The van der Waals surface area contributed by atoms with Gasteiger partial charge in [0, 0.05) is 25.7 Å². The summed E-state index contributed by atoms with van der Waals surface area (Å²) in [4.78, 5) is 22.2. The van der Waals surface area contributed by atoms with Gasteiger partial charge in [-0.1, -0.05) is 6.42 Å². The van der Waals surface area contributed by atoms with Crippen molar-refractivity contribution < 1.29 is 28.0 Å². The average Bonchev–Trinajstić information content (AvgIpc) is 2.66. The molecule has 0 radical (unpaired) electrons. The van der Waals surface area contributed by atoms with Crippen molar-refractivity contribution in [2.24, 2.45) is 0 Å². The van der Waals surface area contributed by atoms with Crippen LogP contribution in [0.3, 0.4) is 0 Å². The molecule has 0 spiro atoms. The van der Waals surface area contributed by atoms with Gasteiger partial charge in [0.25, 0.3) is 5.69 Å². The monoisotopic (exact) mass is 429 g/mol. The molecule has 2 N–H and O–H groups in total. The molecule has 0 saturated carbocycles. The molecule has 29 heavy (non-hydrogen) atoms. The average molecular weight is 429 g/mol. The van der Waals surface area contributed by atoms with Gasteiger partial charge in [0.1, 0.15) is 5.69 Å². The van der Waals surface area contributed by atoms with Gasteiger partial charge in [-0.25, -0.2) is 8.42 Å². The number of aliphatic hydroxyl groups is 1. The number of hydrogen-bond acceptors (Lipinski definition) is 8. The molecule has 1 aliphatic heterocycles. The second-order valence-corrected chi connectivity index (χ2v) is 9.17. The molecule has 162 valence electrons. The molecule has 1 saturated heterocycles. The maximum absolute atomic E-state index is 12.8. The van der Waals surface area contributed by atoms with Crippen molar-refractivity contribution in [3.05, 3.63) is 28.3 Å². The summed E-state index contributed by atoms with van der Waals surface area (Å²) in [6, 6.07) is 3.63. The number of sulfonamides is 1. The van der Waals surface area contributed by atoms with Crippen LogP contribution in [0.5, 0.6) is 0 Å². The van der Waals surface area contributed by atoms with Crippen molar-refractivity contribution >= 4 is 27.4 Å². The van der Waals surface area contributed by atoms with E-state index in [9.17, 15) is 28.4 Å². The van der Waals surface area contributed by atoms with Gasteiger partial charge in [0.05, 0.1) is 28.4 Å². The Kier molecular flexibility index (Phi) is 7.55. The summed E-state index contributed by atoms with van der Waals surface area (Å²) < 4.78 is 31.7. The van der Waals surface area contributed by atoms with Crippen LogP contribution < -0.4 is 5.32 Å². The largest absolute Gasteiger partial charge is 0.466 e. The molecular formula is C18H27N3O7S. The van der Waals surface area contributed by atoms with E-state index < -0.39 is 32.2 Å². The van der Waals surface area contributed by atoms with Crippen molar-refractivity contribution in [3.63, 3.8) is 0 Å². The third kappa shape index (κ3) is 6.12. The van der Waals surface area contributed by atoms with E-state index >= 15 is 0 Å². The highest BCUT2D eigenvalue weighted by atomic mass is 32.2. The zero-order chi connectivity index (χ0) is 21.7. The van der Waals surface area contributed by atoms with Crippen LogP contribution in [0.2, 0.25) is 0 Å². The van der Waals surface area contributed by atoms with Crippen molar-refractivity contribution in [3.8, 4) is 0 Å². The van der Waals surface area contributed by atoms with Gasteiger partial charge >= 0.3 is 5.97 Å². The molecule has 1 unspecified atom stereocenters. The fraction of sp³-hybridized carbons (Fsp3) is 0.611. The number of carbonyl (C=O) groups excluding carboxylic acids is 1. The Morgan fingerprint density at radius 2 is 2.00 bits per heavy atom. The fourth-order valence-electron chi connectivity index (χ4n) is 3.10. The predicted octanol–water partition coefficient (Wildman–Crippen LogP) is 1.89. The lowest BCUT2D eigenvalue weighted by atomic mass is 10.0. The van der Waals surface area contributed by atoms with Gasteiger partial charge in [-0.05, 0) is 38.8 Å². The number of piperidine rings is 1. The maximum Gasteiger partial charge on any atom is 0.308 e. The number of hydrogen-bond donors (Lipinski definition) is 2. The molecule has 0 bridgehead atoms. The molecule has 2 rings (SSSR count). The van der Waals surface area contributed by atoms with Crippen LogP contribution in [-0.4, -0.2) is 60.6 Å². The van der Waals surface area contributed by atoms with E-state index in [1.54, 1.807) is 6.92 Å². The van der Waals surface area contributed by atoms with Gasteiger partial charge in [0.15, 0.2) is 0 Å². The first-order chi connectivity index (χ1) is 13.6. The Morgan fingerprint density at radius 3 is 2.59 bits per heavy atom. The van der Waals surface area contributed by atoms with Crippen LogP contribution in [0, 0.1) is 10.1 Å². The summed E-state index contributed by atoms with van der Waals surface area (Å²) >= 11 is 0. The maximum atomic E-state index is 12.8. The molecule has 10 nitrogen and oxygen atoms in total. The predicted molar refractivity (Wildman–Crippen MR) is 106 cm³/mol. The number of anilines is 1. The third-order valence-corrected chi connectivity index (χ3v) is 6.50. The Hall–Kier alpha value is -2.24. The number of esters is 1. The van der Waals surface area contributed by atoms with Crippen LogP contribution in [0.1, 0.15) is 39.5 Å². The molecule has 0 aliphatic carbocycles. The minimum Gasteiger partial charge on any atom is -0.466 e. The second kappa shape index (κ2) is 9.51. The van der Waals surface area contributed by atoms with Gasteiger partial charge < -0.3 is 15.2 Å². The number of nitro benzene ring substituents is 1. The van der Waals surface area contributed by atoms with Crippen molar-refractivity contribution in [1.29, 1.82) is 0 Å². The van der Waals surface area contributed by atoms with Crippen LogP contribution in [0.15, 0.2) is 23.1 Å². The van der Waals surface area contributed by atoms with Crippen LogP contribution in [0.25, 0.3) is 0 Å². The summed E-state index contributed by atoms with van der Waals surface area (Å²) in [6.45, 7) is 3.86. The highest BCUT2D eigenvalue weighted by Crippen LogP contribution is 2.30. The van der Waals surface area contributed by atoms with Crippen LogP contribution >= 0.6 is 0 Å². The Balaban J connectivity index is 2.19. The van der Waals surface area contributed by atoms with E-state index in [1.807, 2.05) is 0 Å². The van der Waals surface area contributed by atoms with Gasteiger partial charge in [-0.15, -0.1) is 0 Å². The molecule has 1 atom stereocenters. The first-order valence-corrected chi connectivity index (χ1v) is 10.9. The molecule has 1 aliphatic rings. The normalized spacial score (nSPS) is 17.3. The van der Waals surface area contributed by atoms with Crippen molar-refractivity contribution in [1.82, 2.24) is 4.31 Å². The van der Waals surface area contributed by atoms with E-state index in [4.69, 9.17) is 4.74 Å². The van der Waals surface area contributed by atoms with Crippen LogP contribution in [0.4, 0.5) is 11.4 Å². The summed E-state index contributed by atoms with van der Waals surface area (Å²) in [5.74, 6) is -0.586. The highest BCUT2D eigenvalue weighted by Gasteiger charge is 2.30. The first-order valence-electron chi connectivity index (χ1n) is 9.47. The molecular weight excluding hydrogens is 402 g/mol. The standard InChI is InChI=1S/C18H27N3O7S/c1-3-28-17(22)12-18(2,23)13-19-15-8-7-14(11-16(15)21(24)25)29(26,27)20-9-5-4-6-10-20/h7-8,11,19,23H,3-6,9-10,12-13H2,1-2H3. The van der Waals surface area contributed by atoms with Crippen molar-refractivity contribution in [2.45, 2.75) is 50.0 Å². The second-order valence-electron chi connectivity index (χ2n) is 7.23. The number of rotatable bonds is 9. The summed E-state index contributed by atoms with van der Waals surface area (Å²) in [7, 11) is -3.81. The smallest absolute Gasteiger partial charge is 0.308 e. The highest BCUT2D eigenvalue weighted by molar-refractivity contribution is 7.89. The quantitative estimate of drug-likeness (QED) is 0.345. The number of nitrogens with one attached hydrogen (secondary N) is 1. The molecule has 1 aromatic rings. The Morgan fingerprint density at radius 1 is 1.34 bits per heavy atom. The zero-order valence-corrected chi connectivity index (χ0v) is 17.4. The van der Waals surface area contributed by atoms with E-state index in [1.165, 1.54) is 23.4 Å². The van der Waals surface area contributed by atoms with E-state index in [2.05, 4.69) is 5.32 Å². The summed E-state index contributed by atoms with van der Waals surface area (Å²) in [6.07, 6.45) is 2.19. The molecule has 0 aromatic heterocycles. The van der Waals surface area contributed by atoms with Crippen molar-refractivity contribution in [2.75, 3.05) is 31.6 Å². The zero-order valence-electron chi connectivity index (χ0n) is 16.6. The van der Waals surface area contributed by atoms with Gasteiger partial charge in [-0.2, -0.15) is 4.31 Å². The topological polar surface area (TPSA) is 139 Å².